The molecule has 1 aromatic carbocycles. The van der Waals surface area contributed by atoms with Crippen LogP contribution in [-0.4, -0.2) is 27.9 Å². The molecule has 0 radical (unpaired) electrons. The summed E-state index contributed by atoms with van der Waals surface area (Å²) in [5, 5.41) is 18.5. The first kappa shape index (κ1) is 15.3. The number of benzene rings is 1. The normalized spacial score (nSPS) is 32.5. The van der Waals surface area contributed by atoms with Crippen molar-refractivity contribution in [3.8, 4) is 0 Å². The lowest BCUT2D eigenvalue weighted by molar-refractivity contribution is -0.145. The van der Waals surface area contributed by atoms with Crippen molar-refractivity contribution in [3.63, 3.8) is 0 Å². The summed E-state index contributed by atoms with van der Waals surface area (Å²) in [6.45, 7) is 1.70. The van der Waals surface area contributed by atoms with Gasteiger partial charge in [-0.05, 0) is 54.9 Å². The van der Waals surface area contributed by atoms with Crippen molar-refractivity contribution in [2.24, 2.45) is 29.6 Å². The average molecular weight is 324 g/mol. The number of halogens is 1. The van der Waals surface area contributed by atoms with Crippen LogP contribution in [0.2, 0.25) is 0 Å². The number of aliphatic carboxylic acids is 2. The van der Waals surface area contributed by atoms with E-state index >= 15 is 0 Å². The lowest BCUT2D eigenvalue weighted by atomic mass is 9.90. The van der Waals surface area contributed by atoms with Gasteiger partial charge in [0, 0.05) is 10.6 Å². The van der Waals surface area contributed by atoms with Gasteiger partial charge in [-0.1, -0.05) is 0 Å². The summed E-state index contributed by atoms with van der Waals surface area (Å²) in [5.41, 5.74) is 0.569. The van der Waals surface area contributed by atoms with Gasteiger partial charge in [-0.15, -0.1) is 11.8 Å². The van der Waals surface area contributed by atoms with Crippen LogP contribution in [-0.2, 0) is 9.59 Å². The molecule has 1 aromatic rings. The molecule has 4 nitrogen and oxygen atoms in total. The standard InChI is InChI=1S/C16H17FO4S/c1-7-4-9(2-3-11(7)17)22-6-8-5-10-13(12(8)15(18)19)14(10)16(20)21/h2-4,8,10,12-14H,5-6H2,1H3,(H,18,19)(H,20,21). The van der Waals surface area contributed by atoms with Crippen molar-refractivity contribution >= 4 is 23.7 Å². The van der Waals surface area contributed by atoms with Gasteiger partial charge in [0.15, 0.2) is 0 Å². The molecule has 2 fully saturated rings. The van der Waals surface area contributed by atoms with Gasteiger partial charge in [0.05, 0.1) is 11.8 Å². The Hall–Kier alpha value is -1.56. The Morgan fingerprint density at radius 2 is 1.95 bits per heavy atom. The number of rotatable bonds is 5. The van der Waals surface area contributed by atoms with Gasteiger partial charge < -0.3 is 10.2 Å². The zero-order valence-corrected chi connectivity index (χ0v) is 12.8. The fourth-order valence-corrected chi connectivity index (χ4v) is 4.97. The van der Waals surface area contributed by atoms with E-state index < -0.39 is 23.8 Å². The van der Waals surface area contributed by atoms with Gasteiger partial charge in [0.1, 0.15) is 5.82 Å². The largest absolute Gasteiger partial charge is 0.481 e. The van der Waals surface area contributed by atoms with E-state index in [0.717, 1.165) is 4.90 Å². The highest BCUT2D eigenvalue weighted by atomic mass is 32.2. The fourth-order valence-electron chi connectivity index (χ4n) is 3.80. The molecule has 0 heterocycles. The highest BCUT2D eigenvalue weighted by molar-refractivity contribution is 7.99. The summed E-state index contributed by atoms with van der Waals surface area (Å²) in [6.07, 6.45) is 0.659. The van der Waals surface area contributed by atoms with Crippen LogP contribution in [0.25, 0.3) is 0 Å². The van der Waals surface area contributed by atoms with Crippen molar-refractivity contribution in [2.45, 2.75) is 18.2 Å². The SMILES string of the molecule is Cc1cc(SCC2CC3C(C(=O)O)C3C2C(=O)O)ccc1F. The third kappa shape index (κ3) is 2.60. The number of aryl methyl sites for hydroxylation is 1. The van der Waals surface area contributed by atoms with Crippen LogP contribution in [0, 0.1) is 42.3 Å². The van der Waals surface area contributed by atoms with Gasteiger partial charge in [0.2, 0.25) is 0 Å². The summed E-state index contributed by atoms with van der Waals surface area (Å²) >= 11 is 1.52. The number of carboxylic acid groups (broad SMARTS) is 2. The number of hydrogen-bond donors (Lipinski definition) is 2. The third-order valence-electron chi connectivity index (χ3n) is 4.89. The van der Waals surface area contributed by atoms with Gasteiger partial charge in [-0.25, -0.2) is 4.39 Å². The molecule has 0 spiro atoms. The Morgan fingerprint density at radius 3 is 2.55 bits per heavy atom. The summed E-state index contributed by atoms with van der Waals surface area (Å²) < 4.78 is 13.2. The molecular formula is C16H17FO4S. The smallest absolute Gasteiger partial charge is 0.307 e. The van der Waals surface area contributed by atoms with Gasteiger partial charge in [-0.3, -0.25) is 9.59 Å². The van der Waals surface area contributed by atoms with Gasteiger partial charge in [0.25, 0.3) is 0 Å². The second-order valence-electron chi connectivity index (χ2n) is 6.19. The molecule has 0 amide bonds. The minimum absolute atomic E-state index is 0.0131. The van der Waals surface area contributed by atoms with Crippen LogP contribution in [0.15, 0.2) is 23.1 Å². The molecule has 2 saturated carbocycles. The molecule has 0 aliphatic heterocycles. The Morgan fingerprint density at radius 1 is 1.27 bits per heavy atom. The lowest BCUT2D eigenvalue weighted by Crippen LogP contribution is -2.26. The minimum Gasteiger partial charge on any atom is -0.481 e. The quantitative estimate of drug-likeness (QED) is 0.815. The highest BCUT2D eigenvalue weighted by Gasteiger charge is 2.66. The van der Waals surface area contributed by atoms with Crippen LogP contribution >= 0.6 is 11.8 Å². The monoisotopic (exact) mass is 324 g/mol. The predicted octanol–water partition coefficient (Wildman–Crippen LogP) is 2.89. The maximum atomic E-state index is 13.2. The van der Waals surface area contributed by atoms with E-state index in [1.165, 1.54) is 17.8 Å². The molecule has 0 bridgehead atoms. The first-order valence-corrected chi connectivity index (χ1v) is 8.23. The Balaban J connectivity index is 1.65. The van der Waals surface area contributed by atoms with Gasteiger partial charge >= 0.3 is 11.9 Å². The fraction of sp³-hybridized carbons (Fsp3) is 0.500. The van der Waals surface area contributed by atoms with Crippen LogP contribution in [0.3, 0.4) is 0 Å². The van der Waals surface area contributed by atoms with Crippen LogP contribution in [0.4, 0.5) is 4.39 Å². The predicted molar refractivity (Wildman–Crippen MR) is 79.2 cm³/mol. The third-order valence-corrected chi connectivity index (χ3v) is 6.07. The Labute approximate surface area is 131 Å². The van der Waals surface area contributed by atoms with Crippen LogP contribution < -0.4 is 0 Å². The van der Waals surface area contributed by atoms with E-state index in [9.17, 15) is 19.1 Å². The van der Waals surface area contributed by atoms with E-state index in [2.05, 4.69) is 0 Å². The highest BCUT2D eigenvalue weighted by Crippen LogP contribution is 2.63. The topological polar surface area (TPSA) is 74.6 Å². The van der Waals surface area contributed by atoms with E-state index in [-0.39, 0.29) is 23.6 Å². The van der Waals surface area contributed by atoms with Crippen molar-refractivity contribution in [1.29, 1.82) is 0 Å². The Bertz CT molecular complexity index is 633. The van der Waals surface area contributed by atoms with E-state index in [4.69, 9.17) is 5.11 Å². The first-order valence-electron chi connectivity index (χ1n) is 7.24. The molecule has 118 valence electrons. The van der Waals surface area contributed by atoms with Crippen molar-refractivity contribution in [1.82, 2.24) is 0 Å². The lowest BCUT2D eigenvalue weighted by Gasteiger charge is -2.20. The first-order chi connectivity index (χ1) is 10.4. The van der Waals surface area contributed by atoms with E-state index in [0.29, 0.717) is 17.7 Å². The molecule has 2 aliphatic carbocycles. The second kappa shape index (κ2) is 5.57. The molecule has 5 unspecified atom stereocenters. The maximum absolute atomic E-state index is 13.2. The van der Waals surface area contributed by atoms with Gasteiger partial charge in [-0.2, -0.15) is 0 Å². The van der Waals surface area contributed by atoms with E-state index in [1.54, 1.807) is 19.1 Å². The second-order valence-corrected chi connectivity index (χ2v) is 7.28. The molecule has 0 aromatic heterocycles. The number of thioether (sulfide) groups is 1. The molecular weight excluding hydrogens is 307 g/mol. The van der Waals surface area contributed by atoms with Crippen molar-refractivity contribution in [3.05, 3.63) is 29.6 Å². The van der Waals surface area contributed by atoms with Crippen molar-refractivity contribution in [2.75, 3.05) is 5.75 Å². The Kier molecular flexibility index (Phi) is 3.89. The summed E-state index contributed by atoms with van der Waals surface area (Å²) in [6, 6.07) is 4.86. The maximum Gasteiger partial charge on any atom is 0.307 e. The number of fused-ring (bicyclic) bond motifs is 1. The number of carboxylic acids is 2. The summed E-state index contributed by atoms with van der Waals surface area (Å²) in [4.78, 5) is 23.5. The van der Waals surface area contributed by atoms with Crippen LogP contribution in [0.5, 0.6) is 0 Å². The summed E-state index contributed by atoms with van der Waals surface area (Å²) in [7, 11) is 0. The zero-order valence-electron chi connectivity index (χ0n) is 12.0. The number of carbonyl (C=O) groups is 2. The summed E-state index contributed by atoms with van der Waals surface area (Å²) in [5.74, 6) is -2.65. The molecule has 3 rings (SSSR count). The molecule has 2 aliphatic rings. The molecule has 5 atom stereocenters. The average Bonchev–Trinajstić information content (AvgIpc) is 3.01. The molecule has 6 heteroatoms. The van der Waals surface area contributed by atoms with Crippen molar-refractivity contribution < 1.29 is 24.2 Å². The number of hydrogen-bond acceptors (Lipinski definition) is 3. The molecule has 0 saturated heterocycles. The van der Waals surface area contributed by atoms with E-state index in [1.807, 2.05) is 0 Å². The minimum atomic E-state index is -0.892. The molecule has 22 heavy (non-hydrogen) atoms. The zero-order chi connectivity index (χ0) is 16.0. The molecule has 2 N–H and O–H groups in total. The van der Waals surface area contributed by atoms with Crippen LogP contribution in [0.1, 0.15) is 12.0 Å².